The van der Waals surface area contributed by atoms with Crippen molar-refractivity contribution in [3.05, 3.63) is 35.9 Å². The van der Waals surface area contributed by atoms with Gasteiger partial charge in [0.25, 0.3) is 0 Å². The van der Waals surface area contributed by atoms with Gasteiger partial charge in [-0.05, 0) is 5.56 Å². The van der Waals surface area contributed by atoms with Crippen LogP contribution in [-0.4, -0.2) is 0 Å². The molecule has 0 bridgehead atoms. The van der Waals surface area contributed by atoms with Gasteiger partial charge in [0.15, 0.2) is 0 Å². The average molecular weight is 206 g/mol. The summed E-state index contributed by atoms with van der Waals surface area (Å²) < 4.78 is 0. The highest BCUT2D eigenvalue weighted by atomic mass is 79.9. The Labute approximate surface area is 70.6 Å². The molecule has 2 heteroatoms. The first-order chi connectivity index (χ1) is 3.93. The Morgan fingerprint density at radius 2 is 1.67 bits per heavy atom. The van der Waals surface area contributed by atoms with Crippen LogP contribution in [0.4, 0.5) is 0 Å². The standard InChI is InChI=1S/C7H7Cl.BrH/c8-6-7-4-2-1-3-5-7;/h1-5H,6H2;1H/p-1. The molecular weight excluding hydrogens is 199 g/mol. The minimum atomic E-state index is 0. The van der Waals surface area contributed by atoms with Crippen LogP contribution >= 0.6 is 11.6 Å². The lowest BCUT2D eigenvalue weighted by atomic mass is 10.2. The van der Waals surface area contributed by atoms with Crippen LogP contribution in [0, 0.1) is 0 Å². The second-order valence-corrected chi connectivity index (χ2v) is 1.89. The molecule has 1 aromatic carbocycles. The summed E-state index contributed by atoms with van der Waals surface area (Å²) in [5.74, 6) is 0.612. The highest BCUT2D eigenvalue weighted by molar-refractivity contribution is 6.17. The van der Waals surface area contributed by atoms with E-state index in [-0.39, 0.29) is 17.0 Å². The molecule has 0 aliphatic rings. The van der Waals surface area contributed by atoms with Crippen molar-refractivity contribution >= 4 is 11.6 Å². The molecule has 0 aliphatic carbocycles. The first-order valence-electron chi connectivity index (χ1n) is 2.53. The van der Waals surface area contributed by atoms with Crippen LogP contribution in [0.1, 0.15) is 5.56 Å². The van der Waals surface area contributed by atoms with E-state index < -0.39 is 0 Å². The van der Waals surface area contributed by atoms with Crippen molar-refractivity contribution in [2.24, 2.45) is 0 Å². The highest BCUT2D eigenvalue weighted by Gasteiger charge is 1.81. The van der Waals surface area contributed by atoms with E-state index >= 15 is 0 Å². The summed E-state index contributed by atoms with van der Waals surface area (Å²) in [4.78, 5) is 0. The zero-order valence-electron chi connectivity index (χ0n) is 4.85. The average Bonchev–Trinajstić information content (AvgIpc) is 1.90. The smallest absolute Gasteiger partial charge is 0.0474 e. The molecule has 1 rings (SSSR count). The van der Waals surface area contributed by atoms with Crippen LogP contribution in [-0.2, 0) is 5.88 Å². The SMILES string of the molecule is ClCc1ccccc1.[Br-]. The molecule has 0 spiro atoms. The topological polar surface area (TPSA) is 0 Å². The molecule has 0 aliphatic heterocycles. The quantitative estimate of drug-likeness (QED) is 0.540. The fraction of sp³-hybridized carbons (Fsp3) is 0.143. The maximum Gasteiger partial charge on any atom is 0.0474 e. The second-order valence-electron chi connectivity index (χ2n) is 1.62. The van der Waals surface area contributed by atoms with Crippen molar-refractivity contribution in [1.29, 1.82) is 0 Å². The van der Waals surface area contributed by atoms with Crippen molar-refractivity contribution in [3.63, 3.8) is 0 Å². The Bertz CT molecular complexity index is 150. The maximum atomic E-state index is 5.53. The van der Waals surface area contributed by atoms with E-state index in [1.54, 1.807) is 0 Å². The molecule has 0 amide bonds. The van der Waals surface area contributed by atoms with Gasteiger partial charge in [0.05, 0.1) is 0 Å². The third kappa shape index (κ3) is 2.87. The fourth-order valence-electron chi connectivity index (χ4n) is 0.567. The van der Waals surface area contributed by atoms with Crippen molar-refractivity contribution in [2.75, 3.05) is 0 Å². The zero-order valence-corrected chi connectivity index (χ0v) is 7.19. The third-order valence-corrected chi connectivity index (χ3v) is 1.31. The molecule has 0 N–H and O–H groups in total. The molecule has 0 saturated carbocycles. The Morgan fingerprint density at radius 3 is 2.00 bits per heavy atom. The fourth-order valence-corrected chi connectivity index (χ4v) is 0.745. The summed E-state index contributed by atoms with van der Waals surface area (Å²) in [5, 5.41) is 0. The lowest BCUT2D eigenvalue weighted by Crippen LogP contribution is -3.00. The number of hydrogen-bond donors (Lipinski definition) is 0. The van der Waals surface area contributed by atoms with E-state index in [0.29, 0.717) is 5.88 Å². The number of halogens is 2. The van der Waals surface area contributed by atoms with Crippen LogP contribution in [0.15, 0.2) is 30.3 Å². The molecule has 0 radical (unpaired) electrons. The molecule has 50 valence electrons. The van der Waals surface area contributed by atoms with Gasteiger partial charge in [-0.15, -0.1) is 11.6 Å². The minimum absolute atomic E-state index is 0. The van der Waals surface area contributed by atoms with Gasteiger partial charge in [0.1, 0.15) is 0 Å². The van der Waals surface area contributed by atoms with Crippen molar-refractivity contribution in [3.8, 4) is 0 Å². The second kappa shape index (κ2) is 4.83. The molecule has 0 nitrogen and oxygen atoms in total. The number of benzene rings is 1. The van der Waals surface area contributed by atoms with Gasteiger partial charge in [-0.2, -0.15) is 0 Å². The molecule has 0 unspecified atom stereocenters. The summed E-state index contributed by atoms with van der Waals surface area (Å²) in [6, 6.07) is 9.96. The van der Waals surface area contributed by atoms with Crippen LogP contribution in [0.2, 0.25) is 0 Å². The summed E-state index contributed by atoms with van der Waals surface area (Å²) in [6.07, 6.45) is 0. The lowest BCUT2D eigenvalue weighted by Gasteiger charge is -1.88. The number of hydrogen-bond acceptors (Lipinski definition) is 0. The molecule has 9 heavy (non-hydrogen) atoms. The first kappa shape index (κ1) is 8.99. The first-order valence-corrected chi connectivity index (χ1v) is 3.07. The van der Waals surface area contributed by atoms with E-state index in [4.69, 9.17) is 11.6 Å². The van der Waals surface area contributed by atoms with Gasteiger partial charge >= 0.3 is 0 Å². The van der Waals surface area contributed by atoms with E-state index in [1.807, 2.05) is 30.3 Å². The van der Waals surface area contributed by atoms with Gasteiger partial charge < -0.3 is 17.0 Å². The van der Waals surface area contributed by atoms with E-state index in [2.05, 4.69) is 0 Å². The molecular formula is C7H7BrCl-. The van der Waals surface area contributed by atoms with Gasteiger partial charge in [0, 0.05) is 5.88 Å². The third-order valence-electron chi connectivity index (χ3n) is 0.997. The van der Waals surface area contributed by atoms with Gasteiger partial charge in [0.2, 0.25) is 0 Å². The van der Waals surface area contributed by atoms with Crippen LogP contribution in [0.3, 0.4) is 0 Å². The molecule has 0 aromatic heterocycles. The van der Waals surface area contributed by atoms with Crippen molar-refractivity contribution < 1.29 is 17.0 Å². The van der Waals surface area contributed by atoms with Crippen LogP contribution in [0.5, 0.6) is 0 Å². The normalized spacial score (nSPS) is 8.11. The molecule has 1 aromatic rings. The summed E-state index contributed by atoms with van der Waals surface area (Å²) in [6.45, 7) is 0. The van der Waals surface area contributed by atoms with E-state index in [9.17, 15) is 0 Å². The number of rotatable bonds is 1. The zero-order chi connectivity index (χ0) is 5.82. The summed E-state index contributed by atoms with van der Waals surface area (Å²) >= 11 is 5.53. The Balaban J connectivity index is 0.000000640. The maximum absolute atomic E-state index is 5.53. The predicted octanol–water partition coefficient (Wildman–Crippen LogP) is -0.571. The minimum Gasteiger partial charge on any atom is -1.00 e. The molecule has 0 atom stereocenters. The number of alkyl halides is 1. The van der Waals surface area contributed by atoms with Gasteiger partial charge in [-0.1, -0.05) is 30.3 Å². The predicted molar refractivity (Wildman–Crippen MR) is 36.0 cm³/mol. The van der Waals surface area contributed by atoms with Crippen molar-refractivity contribution in [1.82, 2.24) is 0 Å². The molecule has 0 saturated heterocycles. The van der Waals surface area contributed by atoms with Crippen LogP contribution < -0.4 is 17.0 Å². The summed E-state index contributed by atoms with van der Waals surface area (Å²) in [7, 11) is 0. The summed E-state index contributed by atoms with van der Waals surface area (Å²) in [5.41, 5.74) is 1.18. The highest BCUT2D eigenvalue weighted by Crippen LogP contribution is 2.00. The Hall–Kier alpha value is -0.0100. The van der Waals surface area contributed by atoms with E-state index in [1.165, 1.54) is 5.56 Å². The van der Waals surface area contributed by atoms with E-state index in [0.717, 1.165) is 0 Å². The Morgan fingerprint density at radius 1 is 1.11 bits per heavy atom. The van der Waals surface area contributed by atoms with Crippen molar-refractivity contribution in [2.45, 2.75) is 5.88 Å². The van der Waals surface area contributed by atoms with Gasteiger partial charge in [-0.25, -0.2) is 0 Å². The Kier molecular flexibility index (Phi) is 4.83. The monoisotopic (exact) mass is 205 g/mol. The molecule has 0 heterocycles. The van der Waals surface area contributed by atoms with Gasteiger partial charge in [-0.3, -0.25) is 0 Å². The van der Waals surface area contributed by atoms with Crippen LogP contribution in [0.25, 0.3) is 0 Å². The molecule has 0 fully saturated rings. The largest absolute Gasteiger partial charge is 1.00 e. The lowest BCUT2D eigenvalue weighted by molar-refractivity contribution is -0.00000157.